The number of sulfonamides is 1. The normalized spacial score (nSPS) is 12.8. The van der Waals surface area contributed by atoms with Crippen molar-refractivity contribution in [2.24, 2.45) is 0 Å². The topological polar surface area (TPSA) is 97.8 Å². The van der Waals surface area contributed by atoms with Gasteiger partial charge in [-0.2, -0.15) is 4.31 Å². The number of esters is 1. The summed E-state index contributed by atoms with van der Waals surface area (Å²) in [5.74, 6) is -0.737. The second-order valence-corrected chi connectivity index (χ2v) is 7.63. The summed E-state index contributed by atoms with van der Waals surface area (Å²) < 4.78 is 50.0. The first kappa shape index (κ1) is 15.3. The summed E-state index contributed by atoms with van der Waals surface area (Å²) in [7, 11) is -6.53. The van der Waals surface area contributed by atoms with Crippen LogP contribution < -0.4 is 0 Å². The number of carbonyl (C=O) groups excluding carboxylic acids is 1. The zero-order valence-corrected chi connectivity index (χ0v) is 11.0. The highest BCUT2D eigenvalue weighted by atomic mass is 32.3. The molecule has 0 saturated carbocycles. The van der Waals surface area contributed by atoms with Gasteiger partial charge in [-0.3, -0.25) is 4.79 Å². The Balaban J connectivity index is 4.89. The fourth-order valence-corrected chi connectivity index (χ4v) is 4.42. The summed E-state index contributed by atoms with van der Waals surface area (Å²) >= 11 is 0. The summed E-state index contributed by atoms with van der Waals surface area (Å²) in [4.78, 5) is 10.9. The number of carbonyl (C=O) groups is 1. The molecule has 0 radical (unpaired) electrons. The lowest BCUT2D eigenvalue weighted by Gasteiger charge is -2.18. The zero-order chi connectivity index (χ0) is 13.0. The van der Waals surface area contributed by atoms with Crippen molar-refractivity contribution in [2.45, 2.75) is 6.92 Å². The SMILES string of the molecule is CCN(CC(=O)OC)S(=O)(=O)CS(C)(=O)=O. The lowest BCUT2D eigenvalue weighted by atomic mass is 10.6. The highest BCUT2D eigenvalue weighted by Crippen LogP contribution is 2.04. The van der Waals surface area contributed by atoms with Gasteiger partial charge in [-0.25, -0.2) is 16.8 Å². The Bertz CT molecular complexity index is 437. The summed E-state index contributed by atoms with van der Waals surface area (Å²) in [5, 5.41) is -1.01. The molecule has 9 heteroatoms. The van der Waals surface area contributed by atoms with Gasteiger partial charge < -0.3 is 4.74 Å². The Morgan fingerprint density at radius 2 is 1.75 bits per heavy atom. The molecular weight excluding hydrogens is 258 g/mol. The fraction of sp³-hybridized carbons (Fsp3) is 0.857. The van der Waals surface area contributed by atoms with E-state index in [0.717, 1.165) is 17.7 Å². The number of hydrogen-bond donors (Lipinski definition) is 0. The molecule has 0 saturated heterocycles. The van der Waals surface area contributed by atoms with E-state index in [1.54, 1.807) is 0 Å². The van der Waals surface area contributed by atoms with Gasteiger partial charge in [-0.1, -0.05) is 6.92 Å². The monoisotopic (exact) mass is 273 g/mol. The van der Waals surface area contributed by atoms with Gasteiger partial charge in [-0.05, 0) is 0 Å². The Morgan fingerprint density at radius 3 is 2.06 bits per heavy atom. The van der Waals surface area contributed by atoms with Crippen LogP contribution in [0.4, 0.5) is 0 Å². The molecule has 0 bridgehead atoms. The number of sulfone groups is 1. The van der Waals surface area contributed by atoms with Crippen LogP contribution in [0.2, 0.25) is 0 Å². The Hall–Kier alpha value is -0.670. The van der Waals surface area contributed by atoms with Gasteiger partial charge in [0, 0.05) is 12.8 Å². The first-order valence-corrected chi connectivity index (χ1v) is 8.01. The van der Waals surface area contributed by atoms with Crippen LogP contribution >= 0.6 is 0 Å². The van der Waals surface area contributed by atoms with Crippen molar-refractivity contribution in [3.63, 3.8) is 0 Å². The molecule has 0 amide bonds. The van der Waals surface area contributed by atoms with Crippen molar-refractivity contribution in [1.29, 1.82) is 0 Å². The van der Waals surface area contributed by atoms with E-state index in [1.807, 2.05) is 0 Å². The average molecular weight is 273 g/mol. The molecule has 0 spiro atoms. The quantitative estimate of drug-likeness (QED) is 0.565. The number of rotatable bonds is 6. The molecule has 0 atom stereocenters. The van der Waals surface area contributed by atoms with Crippen LogP contribution in [0.15, 0.2) is 0 Å². The summed E-state index contributed by atoms with van der Waals surface area (Å²) in [6, 6.07) is 0. The van der Waals surface area contributed by atoms with Crippen molar-refractivity contribution in [1.82, 2.24) is 4.31 Å². The highest BCUT2D eigenvalue weighted by molar-refractivity contribution is 8.06. The largest absolute Gasteiger partial charge is 0.468 e. The lowest BCUT2D eigenvalue weighted by molar-refractivity contribution is -0.140. The van der Waals surface area contributed by atoms with E-state index < -0.39 is 37.5 Å². The predicted octanol–water partition coefficient (Wildman–Crippen LogP) is -1.19. The van der Waals surface area contributed by atoms with E-state index >= 15 is 0 Å². The lowest BCUT2D eigenvalue weighted by Crippen LogP contribution is -2.39. The highest BCUT2D eigenvalue weighted by Gasteiger charge is 2.27. The molecule has 0 aromatic carbocycles. The van der Waals surface area contributed by atoms with Crippen LogP contribution in [-0.2, 0) is 29.4 Å². The zero-order valence-electron chi connectivity index (χ0n) is 9.33. The minimum Gasteiger partial charge on any atom is -0.468 e. The minimum absolute atomic E-state index is 0.00690. The van der Waals surface area contributed by atoms with E-state index in [2.05, 4.69) is 4.74 Å². The average Bonchev–Trinajstić information content (AvgIpc) is 2.09. The molecule has 7 nitrogen and oxygen atoms in total. The molecule has 0 aromatic rings. The van der Waals surface area contributed by atoms with E-state index in [-0.39, 0.29) is 6.54 Å². The van der Waals surface area contributed by atoms with E-state index in [9.17, 15) is 21.6 Å². The summed E-state index contributed by atoms with van der Waals surface area (Å²) in [5.41, 5.74) is 0. The predicted molar refractivity (Wildman–Crippen MR) is 57.9 cm³/mol. The van der Waals surface area contributed by atoms with E-state index in [4.69, 9.17) is 0 Å². The first-order valence-electron chi connectivity index (χ1n) is 4.34. The maximum absolute atomic E-state index is 11.6. The van der Waals surface area contributed by atoms with Crippen molar-refractivity contribution >= 4 is 25.8 Å². The van der Waals surface area contributed by atoms with Gasteiger partial charge in [0.2, 0.25) is 10.0 Å². The molecule has 0 unspecified atom stereocenters. The van der Waals surface area contributed by atoms with Crippen LogP contribution in [-0.4, -0.2) is 58.7 Å². The smallest absolute Gasteiger partial charge is 0.321 e. The van der Waals surface area contributed by atoms with Crippen LogP contribution in [0, 0.1) is 0 Å². The summed E-state index contributed by atoms with van der Waals surface area (Å²) in [6.07, 6.45) is 0.816. The van der Waals surface area contributed by atoms with Crippen LogP contribution in [0.3, 0.4) is 0 Å². The Morgan fingerprint density at radius 1 is 1.25 bits per heavy atom. The van der Waals surface area contributed by atoms with Gasteiger partial charge in [0.25, 0.3) is 0 Å². The minimum atomic E-state index is -3.99. The number of hydrogen-bond acceptors (Lipinski definition) is 6. The first-order chi connectivity index (χ1) is 7.12. The van der Waals surface area contributed by atoms with E-state index in [0.29, 0.717) is 0 Å². The van der Waals surface area contributed by atoms with Crippen molar-refractivity contribution in [2.75, 3.05) is 31.5 Å². The molecule has 0 aliphatic carbocycles. The number of ether oxygens (including phenoxy) is 1. The van der Waals surface area contributed by atoms with Gasteiger partial charge in [0.15, 0.2) is 14.9 Å². The summed E-state index contributed by atoms with van der Waals surface area (Å²) in [6.45, 7) is 1.03. The molecule has 0 aliphatic rings. The molecular formula is C7H15NO6S2. The van der Waals surface area contributed by atoms with Crippen molar-refractivity contribution < 1.29 is 26.4 Å². The Kier molecular flexibility index (Phi) is 5.36. The van der Waals surface area contributed by atoms with Crippen molar-refractivity contribution in [3.8, 4) is 0 Å². The maximum atomic E-state index is 11.6. The van der Waals surface area contributed by atoms with Gasteiger partial charge in [-0.15, -0.1) is 0 Å². The maximum Gasteiger partial charge on any atom is 0.321 e. The Labute approximate surface area is 95.3 Å². The third-order valence-corrected chi connectivity index (χ3v) is 5.72. The molecule has 0 fully saturated rings. The molecule has 0 N–H and O–H groups in total. The second-order valence-electron chi connectivity index (χ2n) is 3.16. The molecule has 16 heavy (non-hydrogen) atoms. The molecule has 0 rings (SSSR count). The number of nitrogens with zero attached hydrogens (tertiary/aromatic N) is 1. The fourth-order valence-electron chi connectivity index (χ4n) is 0.960. The van der Waals surface area contributed by atoms with E-state index in [1.165, 1.54) is 6.92 Å². The second kappa shape index (κ2) is 5.60. The standard InChI is InChI=1S/C7H15NO6S2/c1-4-8(5-7(9)14-2)16(12,13)6-15(3,10)11/h4-6H2,1-3H3. The van der Waals surface area contributed by atoms with Crippen LogP contribution in [0.1, 0.15) is 6.92 Å². The molecule has 0 aliphatic heterocycles. The van der Waals surface area contributed by atoms with Crippen LogP contribution in [0.25, 0.3) is 0 Å². The number of likely N-dealkylation sites (N-methyl/N-ethyl adjacent to an activating group) is 1. The van der Waals surface area contributed by atoms with Crippen molar-refractivity contribution in [3.05, 3.63) is 0 Å². The van der Waals surface area contributed by atoms with Gasteiger partial charge in [0.1, 0.15) is 6.54 Å². The molecule has 0 aromatic heterocycles. The third kappa shape index (κ3) is 5.42. The van der Waals surface area contributed by atoms with Crippen LogP contribution in [0.5, 0.6) is 0 Å². The van der Waals surface area contributed by atoms with Gasteiger partial charge >= 0.3 is 5.97 Å². The van der Waals surface area contributed by atoms with Gasteiger partial charge in [0.05, 0.1) is 7.11 Å². The molecule has 0 heterocycles. The molecule has 96 valence electrons. The number of methoxy groups -OCH3 is 1. The third-order valence-electron chi connectivity index (χ3n) is 1.64.